The maximum Gasteiger partial charge on any atom is 0.0737 e. The molecule has 5 fully saturated rings. The van der Waals surface area contributed by atoms with Crippen LogP contribution in [0.5, 0.6) is 0 Å². The van der Waals surface area contributed by atoms with Crippen molar-refractivity contribution in [3.05, 3.63) is 0 Å². The topological polar surface area (TPSA) is 36.9 Å². The minimum absolute atomic E-state index is 0.184. The van der Waals surface area contributed by atoms with Gasteiger partial charge in [-0.05, 0) is 75.5 Å². The lowest BCUT2D eigenvalue weighted by molar-refractivity contribution is -0.268. The van der Waals surface area contributed by atoms with E-state index in [-0.39, 0.29) is 11.7 Å². The molecule has 0 amide bonds. The Kier molecular flexibility index (Phi) is 9.17. The smallest absolute Gasteiger partial charge is 0.0737 e. The third-order valence-corrected chi connectivity index (χ3v) is 11.0. The van der Waals surface area contributed by atoms with Crippen molar-refractivity contribution in [2.75, 3.05) is 26.4 Å². The van der Waals surface area contributed by atoms with Crippen LogP contribution in [0.2, 0.25) is 0 Å². The summed E-state index contributed by atoms with van der Waals surface area (Å²) in [6.45, 7) is 7.99. The molecule has 0 spiro atoms. The first-order valence-electron chi connectivity index (χ1n) is 15.6. The number of hydrogen-bond donors (Lipinski definition) is 0. The molecule has 0 aromatic rings. The molecular weight excluding hydrogens is 436 g/mol. The van der Waals surface area contributed by atoms with Gasteiger partial charge in [0.1, 0.15) is 0 Å². The Morgan fingerprint density at radius 3 is 1.63 bits per heavy atom. The molecular formula is C31H54O4. The average Bonchev–Trinajstić information content (AvgIpc) is 2.91. The summed E-state index contributed by atoms with van der Waals surface area (Å²) in [6.07, 6.45) is 23.2. The second kappa shape index (κ2) is 12.1. The van der Waals surface area contributed by atoms with Gasteiger partial charge in [-0.1, -0.05) is 58.8 Å². The van der Waals surface area contributed by atoms with E-state index < -0.39 is 0 Å². The number of fused-ring (bicyclic) bond motifs is 1. The fourth-order valence-electron chi connectivity index (χ4n) is 8.17. The van der Waals surface area contributed by atoms with Gasteiger partial charge in [-0.2, -0.15) is 0 Å². The Labute approximate surface area is 215 Å². The molecule has 0 saturated heterocycles. The van der Waals surface area contributed by atoms with Crippen molar-refractivity contribution in [3.8, 4) is 0 Å². The molecule has 0 aromatic carbocycles. The van der Waals surface area contributed by atoms with Crippen LogP contribution in [-0.2, 0) is 18.9 Å². The lowest BCUT2D eigenvalue weighted by Crippen LogP contribution is -2.65. The highest BCUT2D eigenvalue weighted by atomic mass is 16.5. The zero-order valence-electron chi connectivity index (χ0n) is 22.9. The van der Waals surface area contributed by atoms with Gasteiger partial charge in [0, 0.05) is 11.8 Å². The van der Waals surface area contributed by atoms with Gasteiger partial charge in [0.15, 0.2) is 0 Å². The van der Waals surface area contributed by atoms with Crippen molar-refractivity contribution in [2.45, 2.75) is 147 Å². The molecule has 4 nitrogen and oxygen atoms in total. The van der Waals surface area contributed by atoms with Crippen molar-refractivity contribution in [2.24, 2.45) is 23.2 Å². The lowest BCUT2D eigenvalue weighted by Gasteiger charge is -2.66. The molecule has 5 aliphatic rings. The van der Waals surface area contributed by atoms with Gasteiger partial charge in [0.05, 0.1) is 50.3 Å². The summed E-state index contributed by atoms with van der Waals surface area (Å²) in [4.78, 5) is 0. The highest BCUT2D eigenvalue weighted by molar-refractivity contribution is 5.14. The van der Waals surface area contributed by atoms with Crippen molar-refractivity contribution in [1.82, 2.24) is 0 Å². The van der Waals surface area contributed by atoms with E-state index in [2.05, 4.69) is 13.8 Å². The standard InChI is InChI=1S/C31H54O4/c1-3-24-20-25(22-33-27-10-6-4-7-11-27)29(26(21-24)23-34-28-12-8-5-9-13-28)32-18-19-35-31-16-14-30(31,2)15-17-31/h24-29H,3-23H2,1-2H3. The molecule has 0 bridgehead atoms. The zero-order valence-corrected chi connectivity index (χ0v) is 22.9. The second-order valence-electron chi connectivity index (χ2n) is 13.2. The largest absolute Gasteiger partial charge is 0.378 e. The van der Waals surface area contributed by atoms with Gasteiger partial charge in [-0.25, -0.2) is 0 Å². The molecule has 0 aromatic heterocycles. The minimum Gasteiger partial charge on any atom is -0.378 e. The van der Waals surface area contributed by atoms with Crippen molar-refractivity contribution in [1.29, 1.82) is 0 Å². The van der Waals surface area contributed by atoms with E-state index in [9.17, 15) is 0 Å². The van der Waals surface area contributed by atoms with E-state index in [1.807, 2.05) is 0 Å². The number of hydrogen-bond acceptors (Lipinski definition) is 4. The van der Waals surface area contributed by atoms with E-state index in [1.165, 1.54) is 109 Å². The van der Waals surface area contributed by atoms with Crippen LogP contribution in [0.3, 0.4) is 0 Å². The molecule has 5 rings (SSSR count). The SMILES string of the molecule is CCC1CC(COC2CCCCC2)C(OCCOC23CCC2(C)CC3)C(COC2CCCCC2)C1. The van der Waals surface area contributed by atoms with E-state index in [4.69, 9.17) is 18.9 Å². The molecule has 5 saturated carbocycles. The van der Waals surface area contributed by atoms with Crippen molar-refractivity contribution in [3.63, 3.8) is 0 Å². The summed E-state index contributed by atoms with van der Waals surface area (Å²) >= 11 is 0. The first-order chi connectivity index (χ1) is 17.1. The van der Waals surface area contributed by atoms with Crippen LogP contribution in [0, 0.1) is 23.2 Å². The van der Waals surface area contributed by atoms with E-state index in [1.54, 1.807) is 0 Å². The summed E-state index contributed by atoms with van der Waals surface area (Å²) in [7, 11) is 0. The number of rotatable bonds is 12. The maximum atomic E-state index is 6.75. The van der Waals surface area contributed by atoms with Crippen LogP contribution in [-0.4, -0.2) is 50.3 Å². The van der Waals surface area contributed by atoms with Crippen LogP contribution in [0.1, 0.15) is 123 Å². The van der Waals surface area contributed by atoms with Gasteiger partial charge in [-0.15, -0.1) is 0 Å². The van der Waals surface area contributed by atoms with Crippen LogP contribution in [0.4, 0.5) is 0 Å². The Balaban J connectivity index is 1.17. The Morgan fingerprint density at radius 2 is 1.20 bits per heavy atom. The summed E-state index contributed by atoms with van der Waals surface area (Å²) in [5.74, 6) is 1.76. The van der Waals surface area contributed by atoms with Crippen molar-refractivity contribution >= 4 is 0 Å². The average molecular weight is 491 g/mol. The maximum absolute atomic E-state index is 6.75. The van der Waals surface area contributed by atoms with E-state index in [0.717, 1.165) is 32.3 Å². The molecule has 0 N–H and O–H groups in total. The van der Waals surface area contributed by atoms with Crippen LogP contribution >= 0.6 is 0 Å². The zero-order chi connectivity index (χ0) is 24.1. The van der Waals surface area contributed by atoms with Gasteiger partial charge >= 0.3 is 0 Å². The highest BCUT2D eigenvalue weighted by Gasteiger charge is 2.63. The quantitative estimate of drug-likeness (QED) is 0.266. The van der Waals surface area contributed by atoms with Crippen LogP contribution in [0.25, 0.3) is 0 Å². The molecule has 0 heterocycles. The van der Waals surface area contributed by atoms with Gasteiger partial charge in [0.2, 0.25) is 0 Å². The number of ether oxygens (including phenoxy) is 4. The molecule has 2 atom stereocenters. The van der Waals surface area contributed by atoms with Gasteiger partial charge < -0.3 is 18.9 Å². The van der Waals surface area contributed by atoms with Crippen LogP contribution in [0.15, 0.2) is 0 Å². The predicted molar refractivity (Wildman–Crippen MR) is 141 cm³/mol. The fourth-order valence-corrected chi connectivity index (χ4v) is 8.17. The lowest BCUT2D eigenvalue weighted by atomic mass is 9.45. The Morgan fingerprint density at radius 1 is 0.657 bits per heavy atom. The predicted octanol–water partition coefficient (Wildman–Crippen LogP) is 7.47. The van der Waals surface area contributed by atoms with Gasteiger partial charge in [-0.3, -0.25) is 0 Å². The first-order valence-corrected chi connectivity index (χ1v) is 15.6. The molecule has 5 aliphatic carbocycles. The van der Waals surface area contributed by atoms with E-state index >= 15 is 0 Å². The monoisotopic (exact) mass is 490 g/mol. The normalized spacial score (nSPS) is 40.6. The summed E-state index contributed by atoms with van der Waals surface area (Å²) in [6, 6.07) is 0. The summed E-state index contributed by atoms with van der Waals surface area (Å²) in [5.41, 5.74) is 0.641. The molecule has 2 unspecified atom stereocenters. The molecule has 4 heteroatoms. The highest BCUT2D eigenvalue weighted by Crippen LogP contribution is 2.65. The summed E-state index contributed by atoms with van der Waals surface area (Å²) < 4.78 is 26.4. The fraction of sp³-hybridized carbons (Fsp3) is 1.00. The van der Waals surface area contributed by atoms with E-state index in [0.29, 0.717) is 29.5 Å². The molecule has 0 aliphatic heterocycles. The third-order valence-electron chi connectivity index (χ3n) is 11.0. The first kappa shape index (κ1) is 26.4. The molecule has 35 heavy (non-hydrogen) atoms. The Hall–Kier alpha value is -0.160. The minimum atomic E-state index is 0.184. The van der Waals surface area contributed by atoms with Gasteiger partial charge in [0.25, 0.3) is 0 Å². The molecule has 0 radical (unpaired) electrons. The summed E-state index contributed by atoms with van der Waals surface area (Å²) in [5, 5.41) is 0. The molecule has 202 valence electrons. The van der Waals surface area contributed by atoms with Crippen LogP contribution < -0.4 is 0 Å². The second-order valence-corrected chi connectivity index (χ2v) is 13.2. The Bertz CT molecular complexity index is 598. The third kappa shape index (κ3) is 6.13. The van der Waals surface area contributed by atoms with Crippen molar-refractivity contribution < 1.29 is 18.9 Å².